The summed E-state index contributed by atoms with van der Waals surface area (Å²) in [5, 5.41) is 0. The van der Waals surface area contributed by atoms with Crippen LogP contribution in [0, 0.1) is 0 Å². The zero-order valence-electron chi connectivity index (χ0n) is 8.79. The Kier molecular flexibility index (Phi) is 2.16. The summed E-state index contributed by atoms with van der Waals surface area (Å²) in [6.45, 7) is 6.23. The van der Waals surface area contributed by atoms with E-state index in [-0.39, 0.29) is 0 Å². The van der Waals surface area contributed by atoms with E-state index in [0.29, 0.717) is 0 Å². The number of para-hydroxylation sites is 1. The van der Waals surface area contributed by atoms with Crippen molar-refractivity contribution < 1.29 is 4.74 Å². The van der Waals surface area contributed by atoms with Gasteiger partial charge in [0.1, 0.15) is 11.5 Å². The zero-order valence-corrected chi connectivity index (χ0v) is 8.79. The molecular formula is C13H14O. The molecule has 1 heteroatoms. The smallest absolute Gasteiger partial charge is 0.134 e. The van der Waals surface area contributed by atoms with Crippen molar-refractivity contribution in [2.45, 2.75) is 20.8 Å². The molecule has 0 N–H and O–H groups in total. The fourth-order valence-electron chi connectivity index (χ4n) is 1.69. The van der Waals surface area contributed by atoms with Gasteiger partial charge in [-0.25, -0.2) is 0 Å². The lowest BCUT2D eigenvalue weighted by Gasteiger charge is -2.08. The minimum Gasteiger partial charge on any atom is -0.461 e. The third-order valence-electron chi connectivity index (χ3n) is 2.57. The molecule has 0 unspecified atom stereocenters. The van der Waals surface area contributed by atoms with Crippen LogP contribution in [0.25, 0.3) is 5.57 Å². The van der Waals surface area contributed by atoms with Gasteiger partial charge in [0.05, 0.1) is 0 Å². The van der Waals surface area contributed by atoms with Crippen LogP contribution in [0.4, 0.5) is 0 Å². The Hall–Kier alpha value is -1.50. The average Bonchev–Trinajstić information content (AvgIpc) is 2.26. The predicted octanol–water partition coefficient (Wildman–Crippen LogP) is 3.78. The van der Waals surface area contributed by atoms with Gasteiger partial charge >= 0.3 is 0 Å². The van der Waals surface area contributed by atoms with E-state index in [9.17, 15) is 0 Å². The van der Waals surface area contributed by atoms with Crippen molar-refractivity contribution in [1.82, 2.24) is 0 Å². The van der Waals surface area contributed by atoms with Crippen molar-refractivity contribution in [2.24, 2.45) is 0 Å². The van der Waals surface area contributed by atoms with E-state index in [1.54, 1.807) is 0 Å². The molecule has 0 bridgehead atoms. The molecule has 0 radical (unpaired) electrons. The summed E-state index contributed by atoms with van der Waals surface area (Å²) in [6, 6.07) is 8.15. The van der Waals surface area contributed by atoms with Crippen LogP contribution in [0.3, 0.4) is 0 Å². The normalized spacial score (nSPS) is 15.5. The summed E-state index contributed by atoms with van der Waals surface area (Å²) >= 11 is 0. The molecule has 2 rings (SSSR count). The van der Waals surface area contributed by atoms with E-state index in [1.807, 2.05) is 25.1 Å². The molecule has 0 spiro atoms. The van der Waals surface area contributed by atoms with Gasteiger partial charge in [-0.15, -0.1) is 0 Å². The van der Waals surface area contributed by atoms with Gasteiger partial charge in [-0.1, -0.05) is 18.2 Å². The molecule has 0 atom stereocenters. The first-order valence-corrected chi connectivity index (χ1v) is 4.81. The summed E-state index contributed by atoms with van der Waals surface area (Å²) in [7, 11) is 0. The van der Waals surface area contributed by atoms with Crippen molar-refractivity contribution >= 4 is 5.57 Å². The number of fused-ring (bicyclic) bond motifs is 1. The summed E-state index contributed by atoms with van der Waals surface area (Å²) in [5.74, 6) is 1.91. The van der Waals surface area contributed by atoms with Crippen LogP contribution in [0.1, 0.15) is 26.3 Å². The lowest BCUT2D eigenvalue weighted by Crippen LogP contribution is -1.91. The molecule has 1 aliphatic heterocycles. The summed E-state index contributed by atoms with van der Waals surface area (Å²) in [4.78, 5) is 0. The number of hydrogen-bond donors (Lipinski definition) is 0. The maximum atomic E-state index is 5.72. The highest BCUT2D eigenvalue weighted by Crippen LogP contribution is 2.32. The number of benzene rings is 1. The first-order valence-electron chi connectivity index (χ1n) is 4.81. The van der Waals surface area contributed by atoms with Gasteiger partial charge in [-0.2, -0.15) is 0 Å². The van der Waals surface area contributed by atoms with Crippen LogP contribution in [0.5, 0.6) is 5.75 Å². The molecule has 0 saturated heterocycles. The van der Waals surface area contributed by atoms with E-state index in [2.05, 4.69) is 26.0 Å². The number of hydrogen-bond acceptors (Lipinski definition) is 1. The van der Waals surface area contributed by atoms with E-state index in [1.165, 1.54) is 16.7 Å². The maximum Gasteiger partial charge on any atom is 0.134 e. The fraction of sp³-hybridized carbons (Fsp3) is 0.231. The molecule has 1 aliphatic rings. The number of ether oxygens (including phenoxy) is 1. The van der Waals surface area contributed by atoms with Crippen molar-refractivity contribution in [1.29, 1.82) is 0 Å². The molecule has 1 aromatic carbocycles. The molecule has 0 amide bonds. The molecule has 1 nitrogen and oxygen atoms in total. The Morgan fingerprint density at radius 2 is 1.71 bits per heavy atom. The first kappa shape index (κ1) is 9.07. The van der Waals surface area contributed by atoms with Gasteiger partial charge in [0, 0.05) is 5.56 Å². The highest BCUT2D eigenvalue weighted by Gasteiger charge is 2.10. The van der Waals surface area contributed by atoms with Gasteiger partial charge in [-0.05, 0) is 44.1 Å². The van der Waals surface area contributed by atoms with E-state index in [4.69, 9.17) is 4.74 Å². The third-order valence-corrected chi connectivity index (χ3v) is 2.57. The Balaban J connectivity index is 2.65. The molecule has 0 saturated carbocycles. The van der Waals surface area contributed by atoms with Crippen molar-refractivity contribution in [3.63, 3.8) is 0 Å². The second kappa shape index (κ2) is 3.33. The Morgan fingerprint density at radius 3 is 2.50 bits per heavy atom. The molecule has 14 heavy (non-hydrogen) atoms. The molecule has 0 aromatic heterocycles. The largest absolute Gasteiger partial charge is 0.461 e. The lowest BCUT2D eigenvalue weighted by molar-refractivity contribution is 0.427. The van der Waals surface area contributed by atoms with Crippen molar-refractivity contribution in [3.8, 4) is 5.75 Å². The standard InChI is InChI=1S/C13H14O/c1-9-8-10(2)14-13-7-5-4-6-12(13)11(9)3/h4-8H,1-3H3. The molecule has 1 heterocycles. The maximum absolute atomic E-state index is 5.72. The van der Waals surface area contributed by atoms with Crippen LogP contribution < -0.4 is 4.74 Å². The van der Waals surface area contributed by atoms with Gasteiger partial charge in [0.25, 0.3) is 0 Å². The quantitative estimate of drug-likeness (QED) is 0.599. The highest BCUT2D eigenvalue weighted by molar-refractivity contribution is 5.74. The second-order valence-corrected chi connectivity index (χ2v) is 3.66. The van der Waals surface area contributed by atoms with Gasteiger partial charge in [0.2, 0.25) is 0 Å². The Labute approximate surface area is 84.7 Å². The molecule has 72 valence electrons. The Bertz CT molecular complexity index is 425. The van der Waals surface area contributed by atoms with Crippen LogP contribution >= 0.6 is 0 Å². The highest BCUT2D eigenvalue weighted by atomic mass is 16.5. The monoisotopic (exact) mass is 186 g/mol. The molecular weight excluding hydrogens is 172 g/mol. The average molecular weight is 186 g/mol. The second-order valence-electron chi connectivity index (χ2n) is 3.66. The van der Waals surface area contributed by atoms with Gasteiger partial charge in [0.15, 0.2) is 0 Å². The molecule has 1 aromatic rings. The van der Waals surface area contributed by atoms with Crippen molar-refractivity contribution in [2.75, 3.05) is 0 Å². The number of allylic oxidation sites excluding steroid dienone is 4. The topological polar surface area (TPSA) is 9.23 Å². The summed E-state index contributed by atoms with van der Waals surface area (Å²) in [6.07, 6.45) is 2.08. The Morgan fingerprint density at radius 1 is 1.00 bits per heavy atom. The van der Waals surface area contributed by atoms with Gasteiger partial charge in [-0.3, -0.25) is 0 Å². The molecule has 0 fully saturated rings. The van der Waals surface area contributed by atoms with E-state index < -0.39 is 0 Å². The minimum absolute atomic E-state index is 0.951. The predicted molar refractivity (Wildman–Crippen MR) is 59.1 cm³/mol. The molecule has 0 aliphatic carbocycles. The summed E-state index contributed by atoms with van der Waals surface area (Å²) in [5.41, 5.74) is 3.75. The lowest BCUT2D eigenvalue weighted by atomic mass is 10.0. The van der Waals surface area contributed by atoms with Crippen LogP contribution in [-0.4, -0.2) is 0 Å². The SMILES string of the molecule is CC1=CC(C)=C(C)c2ccccc2O1. The minimum atomic E-state index is 0.951. The summed E-state index contributed by atoms with van der Waals surface area (Å²) < 4.78 is 5.72. The van der Waals surface area contributed by atoms with E-state index >= 15 is 0 Å². The van der Waals surface area contributed by atoms with Crippen molar-refractivity contribution in [3.05, 3.63) is 47.2 Å². The van der Waals surface area contributed by atoms with Gasteiger partial charge < -0.3 is 4.74 Å². The fourth-order valence-corrected chi connectivity index (χ4v) is 1.69. The zero-order chi connectivity index (χ0) is 10.1. The number of rotatable bonds is 0. The first-order chi connectivity index (χ1) is 6.68. The third kappa shape index (κ3) is 1.46. The van der Waals surface area contributed by atoms with Crippen LogP contribution in [-0.2, 0) is 0 Å². The van der Waals surface area contributed by atoms with E-state index in [0.717, 1.165) is 11.5 Å². The van der Waals surface area contributed by atoms with Crippen LogP contribution in [0.15, 0.2) is 41.7 Å². The van der Waals surface area contributed by atoms with Crippen LogP contribution in [0.2, 0.25) is 0 Å².